The van der Waals surface area contributed by atoms with Gasteiger partial charge in [0, 0.05) is 40.6 Å². The maximum atomic E-state index is 5.91. The molecule has 0 unspecified atom stereocenters. The smallest absolute Gasteiger partial charge is 0.144 e. The molecule has 0 spiro atoms. The van der Waals surface area contributed by atoms with Gasteiger partial charge in [-0.2, -0.15) is 0 Å². The summed E-state index contributed by atoms with van der Waals surface area (Å²) in [4.78, 5) is 3.19. The van der Waals surface area contributed by atoms with Crippen molar-refractivity contribution in [3.63, 3.8) is 0 Å². The minimum absolute atomic E-state index is 0.539. The van der Waals surface area contributed by atoms with E-state index in [0.29, 0.717) is 12.3 Å². The molecule has 0 bridgehead atoms. The third kappa shape index (κ3) is 3.17. The highest BCUT2D eigenvalue weighted by Crippen LogP contribution is 2.28. The van der Waals surface area contributed by atoms with Crippen LogP contribution in [0.25, 0.3) is 0 Å². The lowest BCUT2D eigenvalue weighted by molar-refractivity contribution is 0.311. The SMILES string of the molecule is CN(C)c1ccc(N)c(OCc2cc(Br)cs2)c1. The van der Waals surface area contributed by atoms with Gasteiger partial charge in [-0.1, -0.05) is 0 Å². The highest BCUT2D eigenvalue weighted by molar-refractivity contribution is 9.10. The molecule has 18 heavy (non-hydrogen) atoms. The van der Waals surface area contributed by atoms with Crippen molar-refractivity contribution in [3.8, 4) is 5.75 Å². The van der Waals surface area contributed by atoms with E-state index in [1.807, 2.05) is 42.6 Å². The van der Waals surface area contributed by atoms with Crippen molar-refractivity contribution >= 4 is 38.6 Å². The summed E-state index contributed by atoms with van der Waals surface area (Å²) in [5, 5.41) is 2.04. The fraction of sp³-hybridized carbons (Fsp3) is 0.231. The van der Waals surface area contributed by atoms with E-state index in [1.54, 1.807) is 11.3 Å². The molecule has 96 valence electrons. The van der Waals surface area contributed by atoms with Gasteiger partial charge in [-0.05, 0) is 34.1 Å². The van der Waals surface area contributed by atoms with Crippen LogP contribution >= 0.6 is 27.3 Å². The third-order valence-electron chi connectivity index (χ3n) is 2.51. The fourth-order valence-corrected chi connectivity index (χ4v) is 2.87. The number of anilines is 2. The van der Waals surface area contributed by atoms with Crippen molar-refractivity contribution in [3.05, 3.63) is 39.0 Å². The van der Waals surface area contributed by atoms with Crippen LogP contribution < -0.4 is 15.4 Å². The minimum Gasteiger partial charge on any atom is -0.486 e. The molecular weight excluding hydrogens is 312 g/mol. The molecule has 0 fully saturated rings. The Morgan fingerprint density at radius 1 is 1.33 bits per heavy atom. The van der Waals surface area contributed by atoms with Crippen LogP contribution in [0.4, 0.5) is 11.4 Å². The van der Waals surface area contributed by atoms with Gasteiger partial charge in [0.2, 0.25) is 0 Å². The van der Waals surface area contributed by atoms with Crippen molar-refractivity contribution in [1.82, 2.24) is 0 Å². The predicted molar refractivity (Wildman–Crippen MR) is 81.5 cm³/mol. The molecule has 5 heteroatoms. The summed E-state index contributed by atoms with van der Waals surface area (Å²) < 4.78 is 6.85. The number of ether oxygens (including phenoxy) is 1. The van der Waals surface area contributed by atoms with Gasteiger partial charge in [-0.3, -0.25) is 0 Å². The summed E-state index contributed by atoms with van der Waals surface area (Å²) in [5.74, 6) is 0.728. The summed E-state index contributed by atoms with van der Waals surface area (Å²) in [6, 6.07) is 7.85. The molecule has 1 aromatic carbocycles. The van der Waals surface area contributed by atoms with Crippen molar-refractivity contribution in [2.75, 3.05) is 24.7 Å². The number of nitrogens with zero attached hydrogens (tertiary/aromatic N) is 1. The van der Waals surface area contributed by atoms with E-state index < -0.39 is 0 Å². The van der Waals surface area contributed by atoms with E-state index in [0.717, 1.165) is 20.8 Å². The molecule has 2 rings (SSSR count). The van der Waals surface area contributed by atoms with Gasteiger partial charge in [-0.15, -0.1) is 11.3 Å². The highest BCUT2D eigenvalue weighted by Gasteiger charge is 2.05. The van der Waals surface area contributed by atoms with Gasteiger partial charge < -0.3 is 15.4 Å². The largest absolute Gasteiger partial charge is 0.486 e. The van der Waals surface area contributed by atoms with E-state index in [9.17, 15) is 0 Å². The normalized spacial score (nSPS) is 10.4. The Kier molecular flexibility index (Phi) is 4.14. The minimum atomic E-state index is 0.539. The average Bonchev–Trinajstić information content (AvgIpc) is 2.74. The summed E-state index contributed by atoms with van der Waals surface area (Å²) in [7, 11) is 3.98. The summed E-state index contributed by atoms with van der Waals surface area (Å²) in [6.07, 6.45) is 0. The van der Waals surface area contributed by atoms with Crippen LogP contribution in [-0.4, -0.2) is 14.1 Å². The standard InChI is InChI=1S/C13H15BrN2OS/c1-16(2)10-3-4-12(15)13(6-10)17-7-11-5-9(14)8-18-11/h3-6,8H,7,15H2,1-2H3. The Morgan fingerprint density at radius 3 is 2.72 bits per heavy atom. The van der Waals surface area contributed by atoms with E-state index in [2.05, 4.69) is 22.0 Å². The van der Waals surface area contributed by atoms with Crippen LogP contribution in [0.1, 0.15) is 4.88 Å². The zero-order chi connectivity index (χ0) is 13.1. The number of nitrogens with two attached hydrogens (primary N) is 1. The second-order valence-corrected chi connectivity index (χ2v) is 6.05. The van der Waals surface area contributed by atoms with E-state index >= 15 is 0 Å². The van der Waals surface area contributed by atoms with E-state index in [1.165, 1.54) is 0 Å². The van der Waals surface area contributed by atoms with E-state index in [4.69, 9.17) is 10.5 Å². The molecule has 0 aliphatic rings. The third-order valence-corrected chi connectivity index (χ3v) is 4.18. The van der Waals surface area contributed by atoms with Crippen LogP contribution in [0.3, 0.4) is 0 Å². The lowest BCUT2D eigenvalue weighted by Gasteiger charge is -2.15. The topological polar surface area (TPSA) is 38.5 Å². The van der Waals surface area contributed by atoms with Crippen LogP contribution in [0, 0.1) is 0 Å². The first-order chi connectivity index (χ1) is 8.56. The zero-order valence-corrected chi connectivity index (χ0v) is 12.7. The van der Waals surface area contributed by atoms with E-state index in [-0.39, 0.29) is 0 Å². The Bertz CT molecular complexity index is 540. The lowest BCUT2D eigenvalue weighted by Crippen LogP contribution is -2.09. The zero-order valence-electron chi connectivity index (χ0n) is 10.3. The Balaban J connectivity index is 2.10. The van der Waals surface area contributed by atoms with Gasteiger partial charge in [0.15, 0.2) is 0 Å². The number of rotatable bonds is 4. The number of benzene rings is 1. The molecule has 0 radical (unpaired) electrons. The maximum absolute atomic E-state index is 5.91. The molecular formula is C13H15BrN2OS. The number of nitrogen functional groups attached to an aromatic ring is 1. The van der Waals surface area contributed by atoms with Crippen LogP contribution in [0.15, 0.2) is 34.1 Å². The number of hydrogen-bond acceptors (Lipinski definition) is 4. The summed E-state index contributed by atoms with van der Waals surface area (Å²) >= 11 is 5.09. The van der Waals surface area contributed by atoms with Crippen molar-refractivity contribution in [2.24, 2.45) is 0 Å². The van der Waals surface area contributed by atoms with Crippen molar-refractivity contribution in [1.29, 1.82) is 0 Å². The van der Waals surface area contributed by atoms with Crippen LogP contribution in [0.5, 0.6) is 5.75 Å². The first-order valence-corrected chi connectivity index (χ1v) is 7.16. The Morgan fingerprint density at radius 2 is 2.11 bits per heavy atom. The Labute approximate surface area is 119 Å². The molecule has 1 heterocycles. The molecule has 2 N–H and O–H groups in total. The van der Waals surface area contributed by atoms with Gasteiger partial charge >= 0.3 is 0 Å². The van der Waals surface area contributed by atoms with Gasteiger partial charge in [-0.25, -0.2) is 0 Å². The molecule has 0 amide bonds. The lowest BCUT2D eigenvalue weighted by atomic mass is 10.2. The molecule has 1 aromatic heterocycles. The first kappa shape index (κ1) is 13.2. The predicted octanol–water partition coefficient (Wildman–Crippen LogP) is 3.74. The molecule has 3 nitrogen and oxygen atoms in total. The van der Waals surface area contributed by atoms with Crippen molar-refractivity contribution in [2.45, 2.75) is 6.61 Å². The maximum Gasteiger partial charge on any atom is 0.144 e. The number of thiophene rings is 1. The molecule has 0 saturated heterocycles. The average molecular weight is 327 g/mol. The monoisotopic (exact) mass is 326 g/mol. The van der Waals surface area contributed by atoms with Gasteiger partial charge in [0.1, 0.15) is 12.4 Å². The number of hydrogen-bond donors (Lipinski definition) is 1. The Hall–Kier alpha value is -1.20. The fourth-order valence-electron chi connectivity index (χ4n) is 1.50. The molecule has 0 atom stereocenters. The molecule has 0 aliphatic carbocycles. The summed E-state index contributed by atoms with van der Waals surface area (Å²) in [6.45, 7) is 0.539. The quantitative estimate of drug-likeness (QED) is 0.870. The summed E-state index contributed by atoms with van der Waals surface area (Å²) in [5.41, 5.74) is 7.65. The first-order valence-electron chi connectivity index (χ1n) is 5.49. The highest BCUT2D eigenvalue weighted by atomic mass is 79.9. The molecule has 0 saturated carbocycles. The molecule has 0 aliphatic heterocycles. The van der Waals surface area contributed by atoms with Gasteiger partial charge in [0.25, 0.3) is 0 Å². The van der Waals surface area contributed by atoms with Gasteiger partial charge in [0.05, 0.1) is 5.69 Å². The van der Waals surface area contributed by atoms with Crippen LogP contribution in [0.2, 0.25) is 0 Å². The second-order valence-electron chi connectivity index (χ2n) is 4.14. The number of halogens is 1. The van der Waals surface area contributed by atoms with Crippen molar-refractivity contribution < 1.29 is 4.74 Å². The van der Waals surface area contributed by atoms with Crippen LogP contribution in [-0.2, 0) is 6.61 Å². The molecule has 2 aromatic rings. The second kappa shape index (κ2) is 5.63.